The van der Waals surface area contributed by atoms with Crippen LogP contribution in [0, 0.1) is 0 Å². The van der Waals surface area contributed by atoms with Gasteiger partial charge in [-0.15, -0.1) is 0 Å². The minimum absolute atomic E-state index is 0.695. The largest absolute Gasteiger partial charge is 0.497 e. The molecule has 3 nitrogen and oxygen atoms in total. The summed E-state index contributed by atoms with van der Waals surface area (Å²) in [6.45, 7) is 0. The fourth-order valence-electron chi connectivity index (χ4n) is 1.47. The normalized spacial score (nSPS) is 12.4. The molecule has 2 aromatic rings. The van der Waals surface area contributed by atoms with E-state index in [9.17, 15) is 5.11 Å². The van der Waals surface area contributed by atoms with Crippen LogP contribution in [0.3, 0.4) is 0 Å². The molecule has 16 heavy (non-hydrogen) atoms. The van der Waals surface area contributed by atoms with Gasteiger partial charge >= 0.3 is 0 Å². The number of methoxy groups -OCH3 is 1. The van der Waals surface area contributed by atoms with E-state index in [0.29, 0.717) is 0 Å². The molecule has 0 radical (unpaired) electrons. The third-order valence-corrected chi connectivity index (χ3v) is 3.05. The summed E-state index contributed by atoms with van der Waals surface area (Å²) in [5.74, 6) is 0.745. The van der Waals surface area contributed by atoms with Crippen molar-refractivity contribution in [3.05, 3.63) is 52.4 Å². The van der Waals surface area contributed by atoms with E-state index in [-0.39, 0.29) is 0 Å². The summed E-state index contributed by atoms with van der Waals surface area (Å²) in [5.41, 5.74) is 1.51. The Bertz CT molecular complexity index is 465. The number of halogens is 1. The van der Waals surface area contributed by atoms with Crippen LogP contribution in [-0.2, 0) is 0 Å². The van der Waals surface area contributed by atoms with E-state index in [1.165, 1.54) is 12.5 Å². The smallest absolute Gasteiger partial charge is 0.120 e. The van der Waals surface area contributed by atoms with Crippen LogP contribution in [-0.4, -0.2) is 12.2 Å². The number of benzene rings is 1. The molecule has 0 saturated heterocycles. The number of hydrogen-bond donors (Lipinski definition) is 1. The molecular formula is C12H11BrO3. The molecule has 1 N–H and O–H groups in total. The van der Waals surface area contributed by atoms with Gasteiger partial charge in [-0.05, 0) is 23.8 Å². The highest BCUT2D eigenvalue weighted by molar-refractivity contribution is 9.10. The quantitative estimate of drug-likeness (QED) is 0.941. The van der Waals surface area contributed by atoms with E-state index in [1.807, 2.05) is 18.2 Å². The van der Waals surface area contributed by atoms with Gasteiger partial charge in [-0.3, -0.25) is 0 Å². The maximum atomic E-state index is 10.1. The maximum Gasteiger partial charge on any atom is 0.120 e. The lowest BCUT2D eigenvalue weighted by Gasteiger charge is -2.12. The lowest BCUT2D eigenvalue weighted by Crippen LogP contribution is -1.99. The van der Waals surface area contributed by atoms with Gasteiger partial charge in [0.15, 0.2) is 0 Å². The second-order valence-corrected chi connectivity index (χ2v) is 4.20. The highest BCUT2D eigenvalue weighted by Gasteiger charge is 2.15. The fourth-order valence-corrected chi connectivity index (χ4v) is 2.04. The van der Waals surface area contributed by atoms with Crippen LogP contribution < -0.4 is 4.74 Å². The number of rotatable bonds is 3. The van der Waals surface area contributed by atoms with Crippen molar-refractivity contribution >= 4 is 15.9 Å². The Balaban J connectivity index is 2.34. The van der Waals surface area contributed by atoms with Crippen molar-refractivity contribution < 1.29 is 14.3 Å². The zero-order chi connectivity index (χ0) is 11.5. The van der Waals surface area contributed by atoms with Crippen LogP contribution in [0.25, 0.3) is 0 Å². The van der Waals surface area contributed by atoms with Gasteiger partial charge in [-0.1, -0.05) is 22.0 Å². The first-order valence-electron chi connectivity index (χ1n) is 4.76. The topological polar surface area (TPSA) is 42.6 Å². The number of hydrogen-bond acceptors (Lipinski definition) is 3. The third-order valence-electron chi connectivity index (χ3n) is 2.36. The molecule has 0 amide bonds. The Labute approximate surface area is 102 Å². The van der Waals surface area contributed by atoms with Crippen molar-refractivity contribution in [1.29, 1.82) is 0 Å². The van der Waals surface area contributed by atoms with Gasteiger partial charge in [0.05, 0.1) is 19.6 Å². The van der Waals surface area contributed by atoms with Gasteiger partial charge in [0.25, 0.3) is 0 Å². The van der Waals surface area contributed by atoms with E-state index >= 15 is 0 Å². The molecule has 0 saturated carbocycles. The number of ether oxygens (including phenoxy) is 1. The monoisotopic (exact) mass is 282 g/mol. The van der Waals surface area contributed by atoms with E-state index < -0.39 is 6.10 Å². The minimum atomic E-state index is -0.695. The first-order chi connectivity index (χ1) is 7.72. The van der Waals surface area contributed by atoms with Gasteiger partial charge in [-0.25, -0.2) is 0 Å². The van der Waals surface area contributed by atoms with Gasteiger partial charge < -0.3 is 14.3 Å². The van der Waals surface area contributed by atoms with Crippen molar-refractivity contribution in [2.24, 2.45) is 0 Å². The summed E-state index contributed by atoms with van der Waals surface area (Å²) in [4.78, 5) is 0. The minimum Gasteiger partial charge on any atom is -0.497 e. The zero-order valence-electron chi connectivity index (χ0n) is 8.68. The van der Waals surface area contributed by atoms with Crippen molar-refractivity contribution in [1.82, 2.24) is 0 Å². The SMILES string of the molecule is COc1ccc(C(O)c2ccoc2)c(Br)c1. The Hall–Kier alpha value is -1.26. The van der Waals surface area contributed by atoms with Gasteiger partial charge in [0.1, 0.15) is 11.9 Å². The number of aliphatic hydroxyl groups excluding tert-OH is 1. The fraction of sp³-hybridized carbons (Fsp3) is 0.167. The van der Waals surface area contributed by atoms with E-state index in [4.69, 9.17) is 9.15 Å². The lowest BCUT2D eigenvalue weighted by molar-refractivity contribution is 0.218. The van der Waals surface area contributed by atoms with Crippen molar-refractivity contribution in [2.75, 3.05) is 7.11 Å². The van der Waals surface area contributed by atoms with Crippen molar-refractivity contribution in [3.63, 3.8) is 0 Å². The molecule has 0 spiro atoms. The zero-order valence-corrected chi connectivity index (χ0v) is 10.3. The molecule has 0 fully saturated rings. The summed E-state index contributed by atoms with van der Waals surface area (Å²) in [6.07, 6.45) is 2.37. The highest BCUT2D eigenvalue weighted by Crippen LogP contribution is 2.31. The molecular weight excluding hydrogens is 272 g/mol. The Kier molecular flexibility index (Phi) is 3.31. The second kappa shape index (κ2) is 4.72. The molecule has 0 aliphatic rings. The average molecular weight is 283 g/mol. The van der Waals surface area contributed by atoms with E-state index in [2.05, 4.69) is 15.9 Å². The molecule has 0 bridgehead atoms. The number of aliphatic hydroxyl groups is 1. The molecule has 1 heterocycles. The highest BCUT2D eigenvalue weighted by atomic mass is 79.9. The van der Waals surface area contributed by atoms with Gasteiger partial charge in [0, 0.05) is 10.0 Å². The summed E-state index contributed by atoms with van der Waals surface area (Å²) in [6, 6.07) is 7.18. The first kappa shape index (κ1) is 11.2. The van der Waals surface area contributed by atoms with E-state index in [1.54, 1.807) is 13.2 Å². The molecule has 2 rings (SSSR count). The molecule has 1 aromatic carbocycles. The van der Waals surface area contributed by atoms with Crippen LogP contribution in [0.2, 0.25) is 0 Å². The molecule has 4 heteroatoms. The molecule has 0 aliphatic heterocycles. The van der Waals surface area contributed by atoms with E-state index in [0.717, 1.165) is 21.3 Å². The Morgan fingerprint density at radius 1 is 1.38 bits per heavy atom. The predicted octanol–water partition coefficient (Wildman–Crippen LogP) is 3.13. The van der Waals surface area contributed by atoms with Crippen molar-refractivity contribution in [3.8, 4) is 5.75 Å². The molecule has 84 valence electrons. The molecule has 1 atom stereocenters. The summed E-state index contributed by atoms with van der Waals surface area (Å²) >= 11 is 3.40. The van der Waals surface area contributed by atoms with Crippen LogP contribution >= 0.6 is 15.9 Å². The molecule has 0 aliphatic carbocycles. The van der Waals surface area contributed by atoms with Gasteiger partial charge in [0.2, 0.25) is 0 Å². The predicted molar refractivity (Wildman–Crippen MR) is 63.5 cm³/mol. The second-order valence-electron chi connectivity index (χ2n) is 3.35. The summed E-state index contributed by atoms with van der Waals surface area (Å²) in [7, 11) is 1.61. The van der Waals surface area contributed by atoms with Crippen molar-refractivity contribution in [2.45, 2.75) is 6.10 Å². The van der Waals surface area contributed by atoms with Crippen LogP contribution in [0.5, 0.6) is 5.75 Å². The number of furan rings is 1. The van der Waals surface area contributed by atoms with Gasteiger partial charge in [-0.2, -0.15) is 0 Å². The van der Waals surface area contributed by atoms with Crippen LogP contribution in [0.4, 0.5) is 0 Å². The lowest BCUT2D eigenvalue weighted by atomic mass is 10.0. The molecule has 1 aromatic heterocycles. The standard InChI is InChI=1S/C12H11BrO3/c1-15-9-2-3-10(11(13)6-9)12(14)8-4-5-16-7-8/h2-7,12,14H,1H3. The Morgan fingerprint density at radius 3 is 2.75 bits per heavy atom. The third kappa shape index (κ3) is 2.13. The van der Waals surface area contributed by atoms with Crippen LogP contribution in [0.15, 0.2) is 45.7 Å². The maximum absolute atomic E-state index is 10.1. The summed E-state index contributed by atoms with van der Waals surface area (Å²) in [5, 5.41) is 10.1. The first-order valence-corrected chi connectivity index (χ1v) is 5.55. The molecule has 1 unspecified atom stereocenters. The Morgan fingerprint density at radius 2 is 2.19 bits per heavy atom. The average Bonchev–Trinajstić information content (AvgIpc) is 2.81. The summed E-state index contributed by atoms with van der Waals surface area (Å²) < 4.78 is 10.8. The van der Waals surface area contributed by atoms with Crippen LogP contribution in [0.1, 0.15) is 17.2 Å².